The number of alkyl halides is 3. The van der Waals surface area contributed by atoms with E-state index < -0.39 is 17.6 Å². The van der Waals surface area contributed by atoms with Gasteiger partial charge in [0.25, 0.3) is 5.91 Å². The van der Waals surface area contributed by atoms with Gasteiger partial charge in [-0.1, -0.05) is 18.0 Å². The van der Waals surface area contributed by atoms with Gasteiger partial charge in [-0.05, 0) is 73.2 Å². The number of carbonyl (C=O) groups excluding carboxylic acids is 1. The molecule has 6 rings (SSSR count). The molecule has 212 valence electrons. The minimum absolute atomic E-state index is 0.0442. The molecule has 1 saturated heterocycles. The second-order valence-corrected chi connectivity index (χ2v) is 11.5. The standard InChI is InChI=1S/C28H30ClF3N6O2/c1-15(33-10-16-4-3-5-16)17-6-20-21(22(7-17)28(30,31)32)11-38(27(20)39)24-9-18(8-23(29)35-24)25(19-12-40-13-19)26-36-34-14-37(26)2/h6-9,14-16,19,25,33H,3-5,10-13H2,1-2H3/t15-,25?/m1/s1. The Balaban J connectivity index is 1.35. The third-order valence-corrected chi connectivity index (χ3v) is 8.60. The van der Waals surface area contributed by atoms with Crippen molar-refractivity contribution in [3.05, 3.63) is 69.4 Å². The molecule has 1 aromatic carbocycles. The van der Waals surface area contributed by atoms with Crippen LogP contribution >= 0.6 is 11.6 Å². The first kappa shape index (κ1) is 27.2. The van der Waals surface area contributed by atoms with Crippen molar-refractivity contribution in [2.24, 2.45) is 18.9 Å². The quantitative estimate of drug-likeness (QED) is 0.369. The van der Waals surface area contributed by atoms with E-state index in [9.17, 15) is 18.0 Å². The molecular formula is C28H30ClF3N6O2. The Morgan fingerprint density at radius 1 is 1.18 bits per heavy atom. The van der Waals surface area contributed by atoms with Crippen LogP contribution in [0.15, 0.2) is 30.6 Å². The van der Waals surface area contributed by atoms with Crippen LogP contribution in [0.1, 0.15) is 76.6 Å². The van der Waals surface area contributed by atoms with Gasteiger partial charge < -0.3 is 14.6 Å². The van der Waals surface area contributed by atoms with Gasteiger partial charge in [0.15, 0.2) is 0 Å². The predicted molar refractivity (Wildman–Crippen MR) is 142 cm³/mol. The molecule has 40 heavy (non-hydrogen) atoms. The minimum atomic E-state index is -4.61. The molecule has 2 fully saturated rings. The molecule has 1 N–H and O–H groups in total. The van der Waals surface area contributed by atoms with Crippen molar-refractivity contribution < 1.29 is 22.7 Å². The highest BCUT2D eigenvalue weighted by Gasteiger charge is 2.42. The second-order valence-electron chi connectivity index (χ2n) is 11.1. The van der Waals surface area contributed by atoms with Crippen molar-refractivity contribution in [1.29, 1.82) is 0 Å². The number of hydrogen-bond acceptors (Lipinski definition) is 6. The number of carbonyl (C=O) groups is 1. The van der Waals surface area contributed by atoms with Crippen molar-refractivity contribution in [3.8, 4) is 0 Å². The third-order valence-electron chi connectivity index (χ3n) is 8.41. The SMILES string of the molecule is C[C@@H](NCC1CCC1)c1cc2c(c(C(F)(F)F)c1)CN(c1cc(C(c3nncn3C)C3COC3)cc(Cl)n1)C2=O. The fourth-order valence-corrected chi connectivity index (χ4v) is 5.96. The Morgan fingerprint density at radius 3 is 2.55 bits per heavy atom. The second kappa shape index (κ2) is 10.4. The first-order chi connectivity index (χ1) is 19.1. The number of halogens is 4. The molecule has 4 heterocycles. The summed E-state index contributed by atoms with van der Waals surface area (Å²) in [5, 5.41) is 11.8. The summed E-state index contributed by atoms with van der Waals surface area (Å²) in [6.45, 7) is 3.37. The van der Waals surface area contributed by atoms with Crippen LogP contribution in [-0.4, -0.2) is 45.4 Å². The summed E-state index contributed by atoms with van der Waals surface area (Å²) in [6, 6.07) is 5.84. The Labute approximate surface area is 234 Å². The lowest BCUT2D eigenvalue weighted by Gasteiger charge is -2.33. The number of aryl methyl sites for hydroxylation is 1. The van der Waals surface area contributed by atoms with Crippen LogP contribution in [0.2, 0.25) is 5.15 Å². The number of fused-ring (bicyclic) bond motifs is 1. The molecule has 1 unspecified atom stereocenters. The molecule has 3 aromatic rings. The lowest BCUT2D eigenvalue weighted by atomic mass is 9.84. The van der Waals surface area contributed by atoms with Gasteiger partial charge in [0.1, 0.15) is 23.1 Å². The normalized spacial score (nSPS) is 19.4. The lowest BCUT2D eigenvalue weighted by molar-refractivity contribution is -0.138. The number of hydrogen-bond donors (Lipinski definition) is 1. The van der Waals surface area contributed by atoms with Gasteiger partial charge in [0, 0.05) is 24.6 Å². The van der Waals surface area contributed by atoms with Crippen molar-refractivity contribution in [2.75, 3.05) is 24.7 Å². The third kappa shape index (κ3) is 4.99. The first-order valence-corrected chi connectivity index (χ1v) is 13.9. The maximum absolute atomic E-state index is 14.3. The van der Waals surface area contributed by atoms with Crippen LogP contribution in [0.25, 0.3) is 0 Å². The summed E-state index contributed by atoms with van der Waals surface area (Å²) in [4.78, 5) is 19.3. The Bertz CT molecular complexity index is 1440. The lowest BCUT2D eigenvalue weighted by Crippen LogP contribution is -2.35. The topological polar surface area (TPSA) is 85.2 Å². The molecule has 1 aliphatic carbocycles. The molecule has 2 atom stereocenters. The Kier molecular flexibility index (Phi) is 7.08. The van der Waals surface area contributed by atoms with Crippen LogP contribution in [0.5, 0.6) is 0 Å². The van der Waals surface area contributed by atoms with Crippen molar-refractivity contribution in [1.82, 2.24) is 25.1 Å². The highest BCUT2D eigenvalue weighted by atomic mass is 35.5. The van der Waals surface area contributed by atoms with Crippen LogP contribution in [0.3, 0.4) is 0 Å². The maximum atomic E-state index is 14.3. The first-order valence-electron chi connectivity index (χ1n) is 13.5. The van der Waals surface area contributed by atoms with Crippen LogP contribution in [-0.2, 0) is 24.5 Å². The number of aromatic nitrogens is 4. The molecule has 0 spiro atoms. The van der Waals surface area contributed by atoms with Crippen molar-refractivity contribution >= 4 is 23.3 Å². The molecule has 2 aliphatic heterocycles. The summed E-state index contributed by atoms with van der Waals surface area (Å²) in [6.07, 6.45) is 0.438. The zero-order chi connectivity index (χ0) is 28.2. The number of rotatable bonds is 8. The fourth-order valence-electron chi connectivity index (χ4n) is 5.75. The average Bonchev–Trinajstić information content (AvgIpc) is 3.41. The van der Waals surface area contributed by atoms with E-state index in [4.69, 9.17) is 16.3 Å². The summed E-state index contributed by atoms with van der Waals surface area (Å²) < 4.78 is 50.0. The van der Waals surface area contributed by atoms with E-state index in [0.29, 0.717) is 30.5 Å². The molecule has 0 radical (unpaired) electrons. The van der Waals surface area contributed by atoms with E-state index in [1.54, 1.807) is 24.5 Å². The van der Waals surface area contributed by atoms with Gasteiger partial charge in [-0.3, -0.25) is 9.69 Å². The molecule has 12 heteroatoms. The molecule has 1 saturated carbocycles. The number of amides is 1. The average molecular weight is 575 g/mol. The Morgan fingerprint density at radius 2 is 1.95 bits per heavy atom. The van der Waals surface area contributed by atoms with Gasteiger partial charge >= 0.3 is 6.18 Å². The maximum Gasteiger partial charge on any atom is 0.416 e. The molecule has 3 aliphatic rings. The van der Waals surface area contributed by atoms with Gasteiger partial charge in [0.05, 0.1) is 31.2 Å². The van der Waals surface area contributed by atoms with Crippen LogP contribution < -0.4 is 10.2 Å². The largest absolute Gasteiger partial charge is 0.416 e. The smallest absolute Gasteiger partial charge is 0.381 e. The van der Waals surface area contributed by atoms with E-state index in [-0.39, 0.29) is 46.5 Å². The minimum Gasteiger partial charge on any atom is -0.381 e. The summed E-state index contributed by atoms with van der Waals surface area (Å²) >= 11 is 6.43. The summed E-state index contributed by atoms with van der Waals surface area (Å²) in [5.74, 6) is 0.786. The van der Waals surface area contributed by atoms with Gasteiger partial charge in [-0.2, -0.15) is 13.2 Å². The summed E-state index contributed by atoms with van der Waals surface area (Å²) in [5.41, 5.74) is 0.385. The van der Waals surface area contributed by atoms with Gasteiger partial charge in [0.2, 0.25) is 0 Å². The molecule has 1 amide bonds. The molecular weight excluding hydrogens is 545 g/mol. The van der Waals surface area contributed by atoms with E-state index in [1.807, 2.05) is 18.5 Å². The van der Waals surface area contributed by atoms with E-state index in [0.717, 1.165) is 24.9 Å². The number of benzene rings is 1. The number of pyridine rings is 1. The van der Waals surface area contributed by atoms with Crippen molar-refractivity contribution in [2.45, 2.75) is 50.9 Å². The highest BCUT2D eigenvalue weighted by Crippen LogP contribution is 2.42. The van der Waals surface area contributed by atoms with Crippen molar-refractivity contribution in [3.63, 3.8) is 0 Å². The van der Waals surface area contributed by atoms with E-state index in [1.165, 1.54) is 17.4 Å². The van der Waals surface area contributed by atoms with Gasteiger partial charge in [-0.15, -0.1) is 10.2 Å². The molecule has 0 bridgehead atoms. The number of nitrogens with one attached hydrogen (secondary N) is 1. The Hall–Kier alpha value is -3.02. The molecule has 2 aromatic heterocycles. The number of nitrogens with zero attached hydrogens (tertiary/aromatic N) is 5. The van der Waals surface area contributed by atoms with Crippen LogP contribution in [0.4, 0.5) is 19.0 Å². The monoisotopic (exact) mass is 574 g/mol. The highest BCUT2D eigenvalue weighted by molar-refractivity contribution is 6.29. The zero-order valence-corrected chi connectivity index (χ0v) is 23.0. The van der Waals surface area contributed by atoms with E-state index >= 15 is 0 Å². The molecule has 8 nitrogen and oxygen atoms in total. The summed E-state index contributed by atoms with van der Waals surface area (Å²) in [7, 11) is 1.84. The number of ether oxygens (including phenoxy) is 1. The fraction of sp³-hybridized carbons (Fsp3) is 0.500. The van der Waals surface area contributed by atoms with E-state index in [2.05, 4.69) is 20.5 Å². The predicted octanol–water partition coefficient (Wildman–Crippen LogP) is 5.27. The van der Waals surface area contributed by atoms with Gasteiger partial charge in [-0.25, -0.2) is 4.98 Å². The number of anilines is 1. The zero-order valence-electron chi connectivity index (χ0n) is 22.2. The van der Waals surface area contributed by atoms with Crippen LogP contribution in [0, 0.1) is 11.8 Å².